The average molecular weight is 757 g/mol. The van der Waals surface area contributed by atoms with Gasteiger partial charge in [0.1, 0.15) is 0 Å². The first kappa shape index (κ1) is 50.2. The van der Waals surface area contributed by atoms with Gasteiger partial charge < -0.3 is 18.4 Å². The Balaban J connectivity index is 5.86. The molecule has 0 bridgehead atoms. The Morgan fingerprint density at radius 3 is 1.22 bits per heavy atom. The highest BCUT2D eigenvalue weighted by Gasteiger charge is 2.43. The molecule has 50 heavy (non-hydrogen) atoms. The number of aliphatic hydroxyl groups excluding tert-OH is 1. The standard InChI is InChI=1S/C43H92O4Si3/c1-18-20-21-22-23-24-25-26-27-28-29-30-32-38(45-48(12,13)41(3,4)5)33-34-39(46-49(14,15)42(6,7)8)36-40(35-37(44)31-19-2)47-50(16,17)43(9,10)11/h19,37-40,44H,2,18,20-36H2,1,3-17H3/t37-,38-,39+,40-/m1/s1. The largest absolute Gasteiger partial charge is 0.414 e. The van der Waals surface area contributed by atoms with E-state index >= 15 is 0 Å². The second-order valence-corrected chi connectivity index (χ2v) is 34.7. The van der Waals surface area contributed by atoms with Crippen molar-refractivity contribution in [3.8, 4) is 0 Å². The Morgan fingerprint density at radius 2 is 0.840 bits per heavy atom. The lowest BCUT2D eigenvalue weighted by atomic mass is 9.98. The fraction of sp³-hybridized carbons (Fsp3) is 0.953. The summed E-state index contributed by atoms with van der Waals surface area (Å²) in [6.07, 6.45) is 23.3. The molecule has 0 aliphatic heterocycles. The highest BCUT2D eigenvalue weighted by atomic mass is 28.4. The van der Waals surface area contributed by atoms with E-state index in [0.717, 1.165) is 25.7 Å². The van der Waals surface area contributed by atoms with Gasteiger partial charge in [0.2, 0.25) is 0 Å². The van der Waals surface area contributed by atoms with Crippen molar-refractivity contribution < 1.29 is 18.4 Å². The zero-order chi connectivity index (χ0) is 38.9. The molecule has 0 aromatic rings. The highest BCUT2D eigenvalue weighted by molar-refractivity contribution is 6.75. The predicted molar refractivity (Wildman–Crippen MR) is 231 cm³/mol. The SMILES string of the molecule is C=CC[C@@H](O)C[C@H](C[C@H](CC[C@@H](CCCCCCCCCCCCCC)O[Si](C)(C)C(C)(C)C)O[Si](C)(C)C(C)(C)C)O[Si](C)(C)C(C)(C)C. The molecule has 4 nitrogen and oxygen atoms in total. The first-order chi connectivity index (χ1) is 22.8. The molecule has 0 aromatic carbocycles. The first-order valence-electron chi connectivity index (χ1n) is 21.1. The molecule has 0 heterocycles. The van der Waals surface area contributed by atoms with Crippen LogP contribution in [0.4, 0.5) is 0 Å². The molecule has 0 aromatic heterocycles. The van der Waals surface area contributed by atoms with Crippen LogP contribution in [-0.2, 0) is 13.3 Å². The van der Waals surface area contributed by atoms with Gasteiger partial charge in [-0.3, -0.25) is 0 Å². The van der Waals surface area contributed by atoms with E-state index in [0.29, 0.717) is 12.8 Å². The first-order valence-corrected chi connectivity index (χ1v) is 29.8. The molecule has 300 valence electrons. The van der Waals surface area contributed by atoms with E-state index in [1.54, 1.807) is 0 Å². The van der Waals surface area contributed by atoms with Gasteiger partial charge in [-0.15, -0.1) is 6.58 Å². The molecular weight excluding hydrogens is 665 g/mol. The molecule has 7 heteroatoms. The third kappa shape index (κ3) is 20.6. The molecule has 0 spiro atoms. The maximum atomic E-state index is 11.0. The van der Waals surface area contributed by atoms with Gasteiger partial charge >= 0.3 is 0 Å². The molecule has 0 aliphatic carbocycles. The second kappa shape index (κ2) is 23.2. The molecule has 0 aliphatic rings. The molecule has 0 radical (unpaired) electrons. The van der Waals surface area contributed by atoms with Crippen molar-refractivity contribution in [3.63, 3.8) is 0 Å². The van der Waals surface area contributed by atoms with Gasteiger partial charge in [-0.25, -0.2) is 0 Å². The number of hydrogen-bond acceptors (Lipinski definition) is 4. The molecule has 0 unspecified atom stereocenters. The van der Waals surface area contributed by atoms with Gasteiger partial charge in [0, 0.05) is 18.3 Å². The number of rotatable bonds is 28. The van der Waals surface area contributed by atoms with Crippen molar-refractivity contribution in [1.82, 2.24) is 0 Å². The Labute approximate surface area is 318 Å². The lowest BCUT2D eigenvalue weighted by Gasteiger charge is -2.43. The van der Waals surface area contributed by atoms with E-state index in [9.17, 15) is 5.11 Å². The second-order valence-electron chi connectivity index (χ2n) is 20.4. The van der Waals surface area contributed by atoms with Gasteiger partial charge in [0.25, 0.3) is 0 Å². The van der Waals surface area contributed by atoms with Crippen LogP contribution in [0.25, 0.3) is 0 Å². The van der Waals surface area contributed by atoms with Crippen molar-refractivity contribution in [1.29, 1.82) is 0 Å². The van der Waals surface area contributed by atoms with Crippen LogP contribution >= 0.6 is 0 Å². The van der Waals surface area contributed by atoms with E-state index in [1.165, 1.54) is 77.0 Å². The average Bonchev–Trinajstić information content (AvgIpc) is 2.94. The number of hydrogen-bond donors (Lipinski definition) is 1. The number of unbranched alkanes of at least 4 members (excludes halogenated alkanes) is 11. The minimum absolute atomic E-state index is 0.0447. The lowest BCUT2D eigenvalue weighted by Crippen LogP contribution is -2.48. The van der Waals surface area contributed by atoms with Crippen LogP contribution in [0.1, 0.15) is 185 Å². The van der Waals surface area contributed by atoms with E-state index in [4.69, 9.17) is 13.3 Å². The third-order valence-electron chi connectivity index (χ3n) is 12.5. The Morgan fingerprint density at radius 1 is 0.500 bits per heavy atom. The maximum Gasteiger partial charge on any atom is 0.192 e. The fourth-order valence-electron chi connectivity index (χ4n) is 5.93. The van der Waals surface area contributed by atoms with E-state index in [2.05, 4.69) is 115 Å². The minimum atomic E-state index is -2.06. The van der Waals surface area contributed by atoms with E-state index < -0.39 is 31.1 Å². The van der Waals surface area contributed by atoms with Gasteiger partial charge in [-0.1, -0.05) is 152 Å². The van der Waals surface area contributed by atoms with Gasteiger partial charge in [-0.2, -0.15) is 0 Å². The number of aliphatic hydroxyl groups is 1. The quantitative estimate of drug-likeness (QED) is 0.0491. The van der Waals surface area contributed by atoms with Crippen molar-refractivity contribution >= 4 is 25.0 Å². The van der Waals surface area contributed by atoms with E-state index in [1.807, 2.05) is 6.08 Å². The van der Waals surface area contributed by atoms with Crippen molar-refractivity contribution in [3.05, 3.63) is 12.7 Å². The van der Waals surface area contributed by atoms with Gasteiger partial charge in [-0.05, 0) is 92.9 Å². The summed E-state index contributed by atoms with van der Waals surface area (Å²) in [4.78, 5) is 0. The van der Waals surface area contributed by atoms with Crippen LogP contribution in [0.5, 0.6) is 0 Å². The topological polar surface area (TPSA) is 47.9 Å². The van der Waals surface area contributed by atoms with Crippen LogP contribution in [0.15, 0.2) is 12.7 Å². The summed E-state index contributed by atoms with van der Waals surface area (Å²) in [5, 5.41) is 11.4. The molecule has 0 rings (SSSR count). The Hall–Kier alpha value is 0.231. The Bertz CT molecular complexity index is 882. The molecule has 4 atom stereocenters. The summed E-state index contributed by atoms with van der Waals surface area (Å²) in [6, 6.07) is 0. The molecule has 0 saturated heterocycles. The molecular formula is C43H92O4Si3. The summed E-state index contributed by atoms with van der Waals surface area (Å²) in [5.41, 5.74) is 0. The summed E-state index contributed by atoms with van der Waals surface area (Å²) in [5.74, 6) is 0. The summed E-state index contributed by atoms with van der Waals surface area (Å²) in [7, 11) is -6.04. The summed E-state index contributed by atoms with van der Waals surface area (Å²) >= 11 is 0. The normalized spacial score (nSPS) is 16.3. The smallest absolute Gasteiger partial charge is 0.192 e. The van der Waals surface area contributed by atoms with E-state index in [-0.39, 0.29) is 33.4 Å². The third-order valence-corrected chi connectivity index (χ3v) is 26.1. The van der Waals surface area contributed by atoms with Crippen LogP contribution in [-0.4, -0.2) is 54.5 Å². The fourth-order valence-corrected chi connectivity index (χ4v) is 10.1. The van der Waals surface area contributed by atoms with Crippen molar-refractivity contribution in [2.75, 3.05) is 0 Å². The van der Waals surface area contributed by atoms with Crippen molar-refractivity contribution in [2.24, 2.45) is 0 Å². The molecule has 0 saturated carbocycles. The van der Waals surface area contributed by atoms with Gasteiger partial charge in [0.15, 0.2) is 25.0 Å². The van der Waals surface area contributed by atoms with Crippen LogP contribution in [0.2, 0.25) is 54.4 Å². The molecule has 1 N–H and O–H groups in total. The monoisotopic (exact) mass is 757 g/mol. The van der Waals surface area contributed by atoms with Crippen LogP contribution in [0, 0.1) is 0 Å². The lowest BCUT2D eigenvalue weighted by molar-refractivity contribution is 0.0415. The molecule has 0 fully saturated rings. The van der Waals surface area contributed by atoms with Crippen LogP contribution in [0.3, 0.4) is 0 Å². The minimum Gasteiger partial charge on any atom is -0.414 e. The Kier molecular flexibility index (Phi) is 23.3. The van der Waals surface area contributed by atoms with Crippen LogP contribution < -0.4 is 0 Å². The van der Waals surface area contributed by atoms with Gasteiger partial charge in [0.05, 0.1) is 6.10 Å². The maximum absolute atomic E-state index is 11.0. The zero-order valence-electron chi connectivity index (χ0n) is 37.0. The summed E-state index contributed by atoms with van der Waals surface area (Å²) < 4.78 is 21.6. The zero-order valence-corrected chi connectivity index (χ0v) is 40.0. The van der Waals surface area contributed by atoms with Crippen molar-refractivity contribution in [2.45, 2.75) is 264 Å². The highest BCUT2D eigenvalue weighted by Crippen LogP contribution is 2.42. The molecule has 0 amide bonds. The predicted octanol–water partition coefficient (Wildman–Crippen LogP) is 14.7. The summed E-state index contributed by atoms with van der Waals surface area (Å²) in [6.45, 7) is 41.5.